The monoisotopic (exact) mass is 447 g/mol. The van der Waals surface area contributed by atoms with Gasteiger partial charge in [0, 0.05) is 13.0 Å². The molecule has 2 aromatic heterocycles. The van der Waals surface area contributed by atoms with E-state index < -0.39 is 22.0 Å². The molecule has 0 radical (unpaired) electrons. The number of carbonyl (C=O) groups excluding carboxylic acids is 1. The number of carbonyl (C=O) groups is 1. The highest BCUT2D eigenvalue weighted by Gasteiger charge is 2.42. The zero-order valence-electron chi connectivity index (χ0n) is 16.5. The quantitative estimate of drug-likeness (QED) is 0.539. The van der Waals surface area contributed by atoms with E-state index in [2.05, 4.69) is 4.98 Å². The van der Waals surface area contributed by atoms with Crippen molar-refractivity contribution in [1.29, 1.82) is 0 Å². The van der Waals surface area contributed by atoms with E-state index >= 15 is 0 Å². The van der Waals surface area contributed by atoms with E-state index in [1.54, 1.807) is 30.9 Å². The van der Waals surface area contributed by atoms with Gasteiger partial charge in [0.05, 0.1) is 38.5 Å². The first-order valence-corrected chi connectivity index (χ1v) is 11.5. The molecule has 0 saturated carbocycles. The van der Waals surface area contributed by atoms with Crippen molar-refractivity contribution in [2.24, 2.45) is 0 Å². The number of sulfonamides is 1. The lowest BCUT2D eigenvalue weighted by Gasteiger charge is -2.32. The Labute approximate surface area is 178 Å². The minimum absolute atomic E-state index is 0.0471. The van der Waals surface area contributed by atoms with Crippen molar-refractivity contribution in [3.63, 3.8) is 0 Å². The van der Waals surface area contributed by atoms with Gasteiger partial charge in [-0.05, 0) is 29.1 Å². The number of hydrogen-bond acceptors (Lipinski definition) is 7. The van der Waals surface area contributed by atoms with E-state index in [0.717, 1.165) is 28.3 Å². The number of methoxy groups -OCH3 is 2. The number of ether oxygens (including phenoxy) is 2. The number of esters is 1. The Bertz CT molecular complexity index is 1140. The molecule has 0 amide bonds. The third-order valence-electron chi connectivity index (χ3n) is 5.12. The van der Waals surface area contributed by atoms with Crippen LogP contribution in [0.5, 0.6) is 5.75 Å². The maximum Gasteiger partial charge on any atom is 0.324 e. The van der Waals surface area contributed by atoms with Gasteiger partial charge >= 0.3 is 5.97 Å². The third-order valence-corrected chi connectivity index (χ3v) is 8.34. The van der Waals surface area contributed by atoms with Gasteiger partial charge in [-0.2, -0.15) is 4.31 Å². The van der Waals surface area contributed by atoms with E-state index in [9.17, 15) is 13.2 Å². The van der Waals surface area contributed by atoms with E-state index in [1.165, 1.54) is 11.4 Å². The molecule has 0 aliphatic carbocycles. The van der Waals surface area contributed by atoms with E-state index in [-0.39, 0.29) is 17.2 Å². The summed E-state index contributed by atoms with van der Waals surface area (Å²) in [7, 11) is -0.976. The van der Waals surface area contributed by atoms with Crippen LogP contribution in [-0.2, 0) is 39.1 Å². The Kier molecular flexibility index (Phi) is 5.63. The second-order valence-corrected chi connectivity index (χ2v) is 9.90. The molecular weight excluding hydrogens is 426 g/mol. The standard InChI is InChI=1S/C20H21N3O5S2/c1-27-15-7-5-14(6-8-15)11-22-13-21-16-10-17(20(24)28-2)23(12-18(16)22)30(25,26)19-4-3-9-29-19/h3-9,13,17H,10-12H2,1-2H3. The minimum atomic E-state index is -3.85. The lowest BCUT2D eigenvalue weighted by Crippen LogP contribution is -2.49. The Morgan fingerprint density at radius 2 is 2.00 bits per heavy atom. The number of fused-ring (bicyclic) bond motifs is 1. The molecule has 1 aromatic carbocycles. The van der Waals surface area contributed by atoms with Crippen LogP contribution in [0.4, 0.5) is 0 Å². The minimum Gasteiger partial charge on any atom is -0.497 e. The van der Waals surface area contributed by atoms with Crippen LogP contribution in [0.15, 0.2) is 52.3 Å². The molecule has 30 heavy (non-hydrogen) atoms. The summed E-state index contributed by atoms with van der Waals surface area (Å²) >= 11 is 1.12. The average Bonchev–Trinajstić information content (AvgIpc) is 3.44. The molecule has 0 bridgehead atoms. The maximum atomic E-state index is 13.2. The summed E-state index contributed by atoms with van der Waals surface area (Å²) < 4.78 is 39.9. The number of benzene rings is 1. The molecule has 0 spiro atoms. The Morgan fingerprint density at radius 1 is 1.23 bits per heavy atom. The van der Waals surface area contributed by atoms with Crippen LogP contribution in [0.2, 0.25) is 0 Å². The van der Waals surface area contributed by atoms with Gasteiger partial charge in [-0.15, -0.1) is 11.3 Å². The number of thiophene rings is 1. The number of aromatic nitrogens is 2. The van der Waals surface area contributed by atoms with Crippen LogP contribution >= 0.6 is 11.3 Å². The van der Waals surface area contributed by atoms with Gasteiger partial charge < -0.3 is 14.0 Å². The molecule has 0 saturated heterocycles. The molecule has 8 nitrogen and oxygen atoms in total. The summed E-state index contributed by atoms with van der Waals surface area (Å²) in [5.41, 5.74) is 2.50. The molecule has 1 atom stereocenters. The van der Waals surface area contributed by atoms with Crippen molar-refractivity contribution in [2.75, 3.05) is 14.2 Å². The Hall–Kier alpha value is -2.69. The fraction of sp³-hybridized carbons (Fsp3) is 0.300. The smallest absolute Gasteiger partial charge is 0.324 e. The summed E-state index contributed by atoms with van der Waals surface area (Å²) in [6, 6.07) is 9.92. The van der Waals surface area contributed by atoms with Gasteiger partial charge in [0.25, 0.3) is 10.0 Å². The first-order chi connectivity index (χ1) is 14.4. The fourth-order valence-corrected chi connectivity index (χ4v) is 6.18. The van der Waals surface area contributed by atoms with E-state index in [4.69, 9.17) is 9.47 Å². The van der Waals surface area contributed by atoms with E-state index in [0.29, 0.717) is 12.2 Å². The number of hydrogen-bond donors (Lipinski definition) is 0. The highest BCUT2D eigenvalue weighted by Crippen LogP contribution is 2.31. The van der Waals surface area contributed by atoms with Crippen molar-refractivity contribution in [1.82, 2.24) is 13.9 Å². The van der Waals surface area contributed by atoms with Gasteiger partial charge in [-0.25, -0.2) is 13.4 Å². The average molecular weight is 448 g/mol. The molecule has 0 fully saturated rings. The van der Waals surface area contributed by atoms with Crippen LogP contribution in [0, 0.1) is 0 Å². The van der Waals surface area contributed by atoms with Gasteiger partial charge in [-0.1, -0.05) is 18.2 Å². The zero-order chi connectivity index (χ0) is 21.3. The van der Waals surface area contributed by atoms with Crippen LogP contribution < -0.4 is 4.74 Å². The topological polar surface area (TPSA) is 90.7 Å². The number of nitrogens with zero attached hydrogens (tertiary/aromatic N) is 3. The van der Waals surface area contributed by atoms with Crippen LogP contribution in [0.1, 0.15) is 17.0 Å². The molecular formula is C20H21N3O5S2. The molecule has 0 N–H and O–H groups in total. The van der Waals surface area contributed by atoms with E-state index in [1.807, 2.05) is 28.8 Å². The molecule has 1 unspecified atom stereocenters. The second-order valence-electron chi connectivity index (χ2n) is 6.84. The van der Waals surface area contributed by atoms with Crippen molar-refractivity contribution < 1.29 is 22.7 Å². The first-order valence-electron chi connectivity index (χ1n) is 9.23. The lowest BCUT2D eigenvalue weighted by molar-refractivity contribution is -0.145. The normalized spacial score (nSPS) is 16.8. The van der Waals surface area contributed by atoms with Gasteiger partial charge in [0.2, 0.25) is 0 Å². The maximum absolute atomic E-state index is 13.2. The first kappa shape index (κ1) is 20.6. The SMILES string of the molecule is COC(=O)C1Cc2ncn(Cc3ccc(OC)cc3)c2CN1S(=O)(=O)c1cccs1. The summed E-state index contributed by atoms with van der Waals surface area (Å²) in [4.78, 5) is 16.8. The predicted molar refractivity (Wildman–Crippen MR) is 111 cm³/mol. The molecule has 3 aromatic rings. The van der Waals surface area contributed by atoms with Crippen molar-refractivity contribution >= 4 is 27.3 Å². The Balaban J connectivity index is 1.68. The van der Waals surface area contributed by atoms with Crippen molar-refractivity contribution in [2.45, 2.75) is 29.8 Å². The highest BCUT2D eigenvalue weighted by atomic mass is 32.2. The number of rotatable bonds is 6. The second kappa shape index (κ2) is 8.21. The predicted octanol–water partition coefficient (Wildman–Crippen LogP) is 2.29. The Morgan fingerprint density at radius 3 is 2.63 bits per heavy atom. The fourth-order valence-electron chi connectivity index (χ4n) is 3.52. The molecule has 158 valence electrons. The van der Waals surface area contributed by atoms with Crippen molar-refractivity contribution in [3.8, 4) is 5.75 Å². The molecule has 10 heteroatoms. The summed E-state index contributed by atoms with van der Waals surface area (Å²) in [6.45, 7) is 0.577. The third kappa shape index (κ3) is 3.73. The molecule has 4 rings (SSSR count). The van der Waals surface area contributed by atoms with Crippen LogP contribution in [-0.4, -0.2) is 48.5 Å². The van der Waals surface area contributed by atoms with Crippen LogP contribution in [0.3, 0.4) is 0 Å². The summed E-state index contributed by atoms with van der Waals surface area (Å²) in [5, 5.41) is 1.70. The molecule has 1 aliphatic rings. The zero-order valence-corrected chi connectivity index (χ0v) is 18.1. The summed E-state index contributed by atoms with van der Waals surface area (Å²) in [6.07, 6.45) is 1.85. The van der Waals surface area contributed by atoms with Gasteiger partial charge in [0.15, 0.2) is 0 Å². The highest BCUT2D eigenvalue weighted by molar-refractivity contribution is 7.91. The number of imidazole rings is 1. The summed E-state index contributed by atoms with van der Waals surface area (Å²) in [5.74, 6) is 0.172. The van der Waals surface area contributed by atoms with Crippen molar-refractivity contribution in [3.05, 3.63) is 65.1 Å². The largest absolute Gasteiger partial charge is 0.497 e. The lowest BCUT2D eigenvalue weighted by atomic mass is 10.1. The van der Waals surface area contributed by atoms with Crippen LogP contribution in [0.25, 0.3) is 0 Å². The molecule has 1 aliphatic heterocycles. The molecule has 3 heterocycles. The van der Waals surface area contributed by atoms with Gasteiger partial charge in [0.1, 0.15) is 16.0 Å². The van der Waals surface area contributed by atoms with Gasteiger partial charge in [-0.3, -0.25) is 4.79 Å².